The van der Waals surface area contributed by atoms with Crippen LogP contribution in [0.5, 0.6) is 0 Å². The molecule has 0 saturated carbocycles. The zero-order chi connectivity index (χ0) is 15.4. The van der Waals surface area contributed by atoms with Gasteiger partial charge < -0.3 is 19.7 Å². The van der Waals surface area contributed by atoms with E-state index < -0.39 is 5.60 Å². The molecule has 0 bridgehead atoms. The van der Waals surface area contributed by atoms with Gasteiger partial charge in [0.2, 0.25) is 0 Å². The largest absolute Gasteiger partial charge is 0.378 e. The van der Waals surface area contributed by atoms with Crippen molar-refractivity contribution in [1.29, 1.82) is 0 Å². The second-order valence-corrected chi connectivity index (χ2v) is 5.86. The standard InChI is InChI=1S/C17H24N2O3/c1-2-17(13-18-16(20)19-8-11-21-12-9-19)15-6-4-3-5-14(15)7-10-22-17/h3-6H,2,7-13H2,1H3,(H,18,20). The molecule has 2 heterocycles. The summed E-state index contributed by atoms with van der Waals surface area (Å²) in [5, 5.41) is 3.06. The smallest absolute Gasteiger partial charge is 0.317 e. The number of urea groups is 1. The predicted octanol–water partition coefficient (Wildman–Crippen LogP) is 1.91. The van der Waals surface area contributed by atoms with Crippen molar-refractivity contribution < 1.29 is 14.3 Å². The van der Waals surface area contributed by atoms with Crippen molar-refractivity contribution in [2.45, 2.75) is 25.4 Å². The molecule has 0 spiro atoms. The fourth-order valence-corrected chi connectivity index (χ4v) is 3.28. The van der Waals surface area contributed by atoms with Crippen molar-refractivity contribution in [3.8, 4) is 0 Å². The van der Waals surface area contributed by atoms with Crippen LogP contribution in [0.4, 0.5) is 4.79 Å². The molecule has 3 rings (SSSR count). The molecule has 1 unspecified atom stereocenters. The number of carbonyl (C=O) groups is 1. The van der Waals surface area contributed by atoms with E-state index >= 15 is 0 Å². The Kier molecular flexibility index (Phi) is 4.64. The van der Waals surface area contributed by atoms with E-state index in [1.165, 1.54) is 11.1 Å². The first-order valence-electron chi connectivity index (χ1n) is 8.08. The summed E-state index contributed by atoms with van der Waals surface area (Å²) in [7, 11) is 0. The minimum absolute atomic E-state index is 0.0252. The van der Waals surface area contributed by atoms with E-state index in [0.717, 1.165) is 12.8 Å². The van der Waals surface area contributed by atoms with Crippen molar-refractivity contribution in [2.24, 2.45) is 0 Å². The molecule has 1 saturated heterocycles. The monoisotopic (exact) mass is 304 g/mol. The van der Waals surface area contributed by atoms with E-state index in [2.05, 4.69) is 30.4 Å². The number of hydrogen-bond donors (Lipinski definition) is 1. The Balaban J connectivity index is 1.71. The molecule has 0 radical (unpaired) electrons. The molecule has 2 aliphatic heterocycles. The number of fused-ring (bicyclic) bond motifs is 1. The zero-order valence-electron chi connectivity index (χ0n) is 13.1. The van der Waals surface area contributed by atoms with E-state index in [1.54, 1.807) is 0 Å². The molecule has 1 N–H and O–H groups in total. The summed E-state index contributed by atoms with van der Waals surface area (Å²) in [6.07, 6.45) is 1.78. The summed E-state index contributed by atoms with van der Waals surface area (Å²) in [5.41, 5.74) is 2.14. The van der Waals surface area contributed by atoms with Gasteiger partial charge in [-0.2, -0.15) is 0 Å². The Morgan fingerprint density at radius 1 is 1.27 bits per heavy atom. The first-order valence-corrected chi connectivity index (χ1v) is 8.08. The number of ether oxygens (including phenoxy) is 2. The van der Waals surface area contributed by atoms with Gasteiger partial charge >= 0.3 is 6.03 Å². The molecular weight excluding hydrogens is 280 g/mol. The van der Waals surface area contributed by atoms with Crippen LogP contribution in [0, 0.1) is 0 Å². The zero-order valence-corrected chi connectivity index (χ0v) is 13.1. The molecule has 22 heavy (non-hydrogen) atoms. The second-order valence-electron chi connectivity index (χ2n) is 5.86. The lowest BCUT2D eigenvalue weighted by Crippen LogP contribution is -2.51. The van der Waals surface area contributed by atoms with E-state index in [0.29, 0.717) is 39.5 Å². The predicted molar refractivity (Wildman–Crippen MR) is 83.9 cm³/mol. The van der Waals surface area contributed by atoms with E-state index in [4.69, 9.17) is 9.47 Å². The van der Waals surface area contributed by atoms with Crippen molar-refractivity contribution in [3.05, 3.63) is 35.4 Å². The molecule has 1 fully saturated rings. The lowest BCUT2D eigenvalue weighted by molar-refractivity contribution is -0.0609. The number of morpholine rings is 1. The van der Waals surface area contributed by atoms with Crippen molar-refractivity contribution >= 4 is 6.03 Å². The molecular formula is C17H24N2O3. The first kappa shape index (κ1) is 15.3. The van der Waals surface area contributed by atoms with Gasteiger partial charge in [0.15, 0.2) is 0 Å². The third-order valence-electron chi connectivity index (χ3n) is 4.65. The molecule has 1 aromatic carbocycles. The average Bonchev–Trinajstić information content (AvgIpc) is 2.60. The first-order chi connectivity index (χ1) is 10.7. The van der Waals surface area contributed by atoms with Crippen LogP contribution in [0.3, 0.4) is 0 Å². The summed E-state index contributed by atoms with van der Waals surface area (Å²) in [6.45, 7) is 5.88. The third-order valence-corrected chi connectivity index (χ3v) is 4.65. The number of hydrogen-bond acceptors (Lipinski definition) is 3. The molecule has 5 nitrogen and oxygen atoms in total. The van der Waals surface area contributed by atoms with E-state index in [1.807, 2.05) is 11.0 Å². The van der Waals surface area contributed by atoms with Crippen LogP contribution >= 0.6 is 0 Å². The van der Waals surface area contributed by atoms with Crippen LogP contribution < -0.4 is 5.32 Å². The third kappa shape index (κ3) is 2.96. The lowest BCUT2D eigenvalue weighted by Gasteiger charge is -2.39. The van der Waals surface area contributed by atoms with Gasteiger partial charge in [0.25, 0.3) is 0 Å². The topological polar surface area (TPSA) is 50.8 Å². The highest BCUT2D eigenvalue weighted by Crippen LogP contribution is 2.35. The van der Waals surface area contributed by atoms with Crippen molar-refractivity contribution in [1.82, 2.24) is 10.2 Å². The summed E-state index contributed by atoms with van der Waals surface area (Å²) >= 11 is 0. The maximum atomic E-state index is 12.3. The van der Waals surface area contributed by atoms with Crippen LogP contribution in [0.15, 0.2) is 24.3 Å². The molecule has 2 aliphatic rings. The number of rotatable bonds is 3. The Morgan fingerprint density at radius 3 is 2.82 bits per heavy atom. The molecule has 0 aliphatic carbocycles. The van der Waals surface area contributed by atoms with Gasteiger partial charge in [-0.3, -0.25) is 0 Å². The fourth-order valence-electron chi connectivity index (χ4n) is 3.28. The van der Waals surface area contributed by atoms with Gasteiger partial charge in [-0.05, 0) is 24.0 Å². The van der Waals surface area contributed by atoms with Crippen LogP contribution in [0.1, 0.15) is 24.5 Å². The van der Waals surface area contributed by atoms with Crippen LogP contribution in [-0.4, -0.2) is 50.4 Å². The molecule has 0 aromatic heterocycles. The quantitative estimate of drug-likeness (QED) is 0.928. The number of carbonyl (C=O) groups excluding carboxylic acids is 1. The highest BCUT2D eigenvalue weighted by atomic mass is 16.5. The van der Waals surface area contributed by atoms with Gasteiger partial charge in [0.05, 0.1) is 26.4 Å². The summed E-state index contributed by atoms with van der Waals surface area (Å²) in [6, 6.07) is 8.37. The maximum Gasteiger partial charge on any atom is 0.317 e. The van der Waals surface area contributed by atoms with E-state index in [9.17, 15) is 4.79 Å². The van der Waals surface area contributed by atoms with Gasteiger partial charge in [-0.1, -0.05) is 31.2 Å². The number of benzene rings is 1. The second kappa shape index (κ2) is 6.67. The number of amides is 2. The minimum atomic E-state index is -0.406. The van der Waals surface area contributed by atoms with Gasteiger partial charge in [-0.25, -0.2) is 4.79 Å². The van der Waals surface area contributed by atoms with Crippen molar-refractivity contribution in [2.75, 3.05) is 39.5 Å². The maximum absolute atomic E-state index is 12.3. The molecule has 1 aromatic rings. The van der Waals surface area contributed by atoms with Gasteiger partial charge in [0, 0.05) is 13.1 Å². The lowest BCUT2D eigenvalue weighted by atomic mass is 9.84. The molecule has 5 heteroatoms. The summed E-state index contributed by atoms with van der Waals surface area (Å²) < 4.78 is 11.4. The van der Waals surface area contributed by atoms with Crippen LogP contribution in [0.25, 0.3) is 0 Å². The Hall–Kier alpha value is -1.59. The van der Waals surface area contributed by atoms with Crippen LogP contribution in [0.2, 0.25) is 0 Å². The average molecular weight is 304 g/mol. The van der Waals surface area contributed by atoms with E-state index in [-0.39, 0.29) is 6.03 Å². The number of nitrogens with zero attached hydrogens (tertiary/aromatic N) is 1. The number of nitrogens with one attached hydrogen (secondary N) is 1. The SMILES string of the molecule is CCC1(CNC(=O)N2CCOCC2)OCCc2ccccc21. The van der Waals surface area contributed by atoms with Gasteiger partial charge in [-0.15, -0.1) is 0 Å². The van der Waals surface area contributed by atoms with Gasteiger partial charge in [0.1, 0.15) is 5.60 Å². The summed E-state index contributed by atoms with van der Waals surface area (Å²) in [5.74, 6) is 0. The molecule has 120 valence electrons. The molecule has 2 amide bonds. The summed E-state index contributed by atoms with van der Waals surface area (Å²) in [4.78, 5) is 14.1. The normalized spacial score (nSPS) is 24.7. The Bertz CT molecular complexity index is 528. The fraction of sp³-hybridized carbons (Fsp3) is 0.588. The Morgan fingerprint density at radius 2 is 2.05 bits per heavy atom. The highest BCUT2D eigenvalue weighted by molar-refractivity contribution is 5.74. The van der Waals surface area contributed by atoms with Crippen molar-refractivity contribution in [3.63, 3.8) is 0 Å². The van der Waals surface area contributed by atoms with Crippen LogP contribution in [-0.2, 0) is 21.5 Å². The molecule has 1 atom stereocenters. The Labute approximate surface area is 131 Å². The highest BCUT2D eigenvalue weighted by Gasteiger charge is 2.36. The minimum Gasteiger partial charge on any atom is -0.378 e.